The third kappa shape index (κ3) is 4.16. The van der Waals surface area contributed by atoms with Gasteiger partial charge in [-0.2, -0.15) is 0 Å². The lowest BCUT2D eigenvalue weighted by Gasteiger charge is -2.25. The highest BCUT2D eigenvalue weighted by Gasteiger charge is 2.30. The molecule has 0 saturated heterocycles. The first-order valence-corrected chi connectivity index (χ1v) is 10.4. The molecule has 1 aliphatic rings. The number of anilines is 1. The number of ether oxygens (including phenoxy) is 1. The molecule has 0 spiro atoms. The Morgan fingerprint density at radius 3 is 2.70 bits per heavy atom. The lowest BCUT2D eigenvalue weighted by molar-refractivity contribution is -0.129. The topological polar surface area (TPSA) is 75.7 Å². The highest BCUT2D eigenvalue weighted by atomic mass is 127. The molecule has 1 aromatic carbocycles. The van der Waals surface area contributed by atoms with Crippen LogP contribution in [0.4, 0.5) is 5.00 Å². The molecule has 2 amide bonds. The molecular formula is C19H19IN2O4S. The second kappa shape index (κ2) is 8.39. The van der Waals surface area contributed by atoms with Crippen molar-refractivity contribution in [1.29, 1.82) is 0 Å². The van der Waals surface area contributed by atoms with Crippen LogP contribution in [-0.4, -0.2) is 35.8 Å². The van der Waals surface area contributed by atoms with Crippen molar-refractivity contribution < 1.29 is 19.1 Å². The Kier molecular flexibility index (Phi) is 6.15. The molecule has 6 nitrogen and oxygen atoms in total. The number of nitrogens with zero attached hydrogens (tertiary/aromatic N) is 1. The van der Waals surface area contributed by atoms with Gasteiger partial charge >= 0.3 is 5.97 Å². The Labute approximate surface area is 175 Å². The molecule has 8 heteroatoms. The second-order valence-electron chi connectivity index (χ2n) is 6.05. The van der Waals surface area contributed by atoms with Gasteiger partial charge in [0.2, 0.25) is 5.91 Å². The molecule has 142 valence electrons. The number of fused-ring (bicyclic) bond motifs is 1. The number of nitrogens with one attached hydrogen (secondary N) is 1. The maximum atomic E-state index is 12.7. The summed E-state index contributed by atoms with van der Waals surface area (Å²) < 4.78 is 6.04. The van der Waals surface area contributed by atoms with Gasteiger partial charge in [-0.25, -0.2) is 4.79 Å². The van der Waals surface area contributed by atoms with Gasteiger partial charge in [-0.3, -0.25) is 9.59 Å². The zero-order valence-corrected chi connectivity index (χ0v) is 18.0. The van der Waals surface area contributed by atoms with E-state index in [4.69, 9.17) is 4.74 Å². The van der Waals surface area contributed by atoms with Gasteiger partial charge in [0.15, 0.2) is 0 Å². The minimum Gasteiger partial charge on any atom is -0.462 e. The summed E-state index contributed by atoms with van der Waals surface area (Å²) in [4.78, 5) is 39.6. The monoisotopic (exact) mass is 498 g/mol. The summed E-state index contributed by atoms with van der Waals surface area (Å²) in [6.07, 6.45) is 0.568. The smallest absolute Gasteiger partial charge is 0.341 e. The van der Waals surface area contributed by atoms with Gasteiger partial charge < -0.3 is 15.0 Å². The summed E-state index contributed by atoms with van der Waals surface area (Å²) >= 11 is 3.44. The maximum Gasteiger partial charge on any atom is 0.341 e. The van der Waals surface area contributed by atoms with E-state index in [0.717, 1.165) is 14.0 Å². The van der Waals surface area contributed by atoms with Crippen LogP contribution < -0.4 is 5.32 Å². The van der Waals surface area contributed by atoms with Gasteiger partial charge in [0.1, 0.15) is 5.00 Å². The van der Waals surface area contributed by atoms with Crippen LogP contribution in [0.5, 0.6) is 0 Å². The van der Waals surface area contributed by atoms with Gasteiger partial charge in [-0.1, -0.05) is 12.1 Å². The van der Waals surface area contributed by atoms with Crippen LogP contribution in [0.2, 0.25) is 0 Å². The van der Waals surface area contributed by atoms with E-state index in [2.05, 4.69) is 27.9 Å². The Hall–Kier alpha value is -1.94. The SMILES string of the molecule is CCOC(=O)c1c(NC(=O)c2ccccc2I)sc2c1CCN(C(C)=O)C2. The molecule has 0 fully saturated rings. The van der Waals surface area contributed by atoms with E-state index in [9.17, 15) is 14.4 Å². The number of benzene rings is 1. The molecule has 0 bridgehead atoms. The van der Waals surface area contributed by atoms with Crippen molar-refractivity contribution in [1.82, 2.24) is 4.90 Å². The summed E-state index contributed by atoms with van der Waals surface area (Å²) in [5.74, 6) is -0.715. The molecular weight excluding hydrogens is 479 g/mol. The zero-order chi connectivity index (χ0) is 19.6. The van der Waals surface area contributed by atoms with Gasteiger partial charge in [0.25, 0.3) is 5.91 Å². The molecule has 0 atom stereocenters. The van der Waals surface area contributed by atoms with Crippen LogP contribution in [0, 0.1) is 3.57 Å². The average Bonchev–Trinajstić information content (AvgIpc) is 2.99. The highest BCUT2D eigenvalue weighted by molar-refractivity contribution is 14.1. The number of thiophene rings is 1. The van der Waals surface area contributed by atoms with Gasteiger partial charge in [0, 0.05) is 21.9 Å². The third-order valence-electron chi connectivity index (χ3n) is 4.33. The van der Waals surface area contributed by atoms with E-state index in [0.29, 0.717) is 35.6 Å². The fraction of sp³-hybridized carbons (Fsp3) is 0.316. The van der Waals surface area contributed by atoms with Crippen LogP contribution in [0.1, 0.15) is 45.0 Å². The van der Waals surface area contributed by atoms with Crippen molar-refractivity contribution in [2.75, 3.05) is 18.5 Å². The van der Waals surface area contributed by atoms with Crippen molar-refractivity contribution >= 4 is 56.7 Å². The molecule has 0 saturated carbocycles. The number of halogens is 1. The fourth-order valence-corrected chi connectivity index (χ4v) is 4.87. The summed E-state index contributed by atoms with van der Waals surface area (Å²) in [5, 5.41) is 3.36. The lowest BCUT2D eigenvalue weighted by atomic mass is 10.0. The van der Waals surface area contributed by atoms with Crippen LogP contribution >= 0.6 is 33.9 Å². The predicted octanol–water partition coefficient (Wildman–Crippen LogP) is 3.69. The van der Waals surface area contributed by atoms with E-state index < -0.39 is 5.97 Å². The Balaban J connectivity index is 1.97. The Morgan fingerprint density at radius 1 is 1.30 bits per heavy atom. The molecule has 1 N–H and O–H groups in total. The molecule has 3 rings (SSSR count). The van der Waals surface area contributed by atoms with Crippen molar-refractivity contribution in [3.63, 3.8) is 0 Å². The van der Waals surface area contributed by atoms with Gasteiger partial charge in [-0.05, 0) is 53.6 Å². The molecule has 2 heterocycles. The first kappa shape index (κ1) is 19.8. The quantitative estimate of drug-likeness (QED) is 0.516. The fourth-order valence-electron chi connectivity index (χ4n) is 3.00. The molecule has 0 unspecified atom stereocenters. The number of rotatable bonds is 4. The molecule has 0 aliphatic carbocycles. The first-order chi connectivity index (χ1) is 12.9. The van der Waals surface area contributed by atoms with Crippen LogP contribution in [0.25, 0.3) is 0 Å². The van der Waals surface area contributed by atoms with Crippen molar-refractivity contribution in [2.45, 2.75) is 26.8 Å². The third-order valence-corrected chi connectivity index (χ3v) is 6.40. The molecule has 1 aromatic heterocycles. The lowest BCUT2D eigenvalue weighted by Crippen LogP contribution is -2.34. The summed E-state index contributed by atoms with van der Waals surface area (Å²) in [6.45, 7) is 4.53. The van der Waals surface area contributed by atoms with E-state index in [1.54, 1.807) is 24.0 Å². The molecule has 2 aromatic rings. The van der Waals surface area contributed by atoms with E-state index in [1.807, 2.05) is 12.1 Å². The highest BCUT2D eigenvalue weighted by Crippen LogP contribution is 2.38. The number of amides is 2. The van der Waals surface area contributed by atoms with Crippen molar-refractivity contribution in [3.05, 3.63) is 49.4 Å². The summed E-state index contributed by atoms with van der Waals surface area (Å²) in [6, 6.07) is 7.26. The number of esters is 1. The number of hydrogen-bond donors (Lipinski definition) is 1. The Bertz CT molecular complexity index is 909. The van der Waals surface area contributed by atoms with Crippen LogP contribution in [0.15, 0.2) is 24.3 Å². The predicted molar refractivity (Wildman–Crippen MR) is 112 cm³/mol. The second-order valence-corrected chi connectivity index (χ2v) is 8.32. The van der Waals surface area contributed by atoms with E-state index >= 15 is 0 Å². The standard InChI is InChI=1S/C19H19IN2O4S/c1-3-26-19(25)16-13-8-9-22(11(2)23)10-15(13)27-18(16)21-17(24)12-6-4-5-7-14(12)20/h4-7H,3,8-10H2,1-2H3,(H,21,24). The normalized spacial score (nSPS) is 13.1. The van der Waals surface area contributed by atoms with Gasteiger partial charge in [-0.15, -0.1) is 11.3 Å². The summed E-state index contributed by atoms with van der Waals surface area (Å²) in [7, 11) is 0. The largest absolute Gasteiger partial charge is 0.462 e. The number of hydrogen-bond acceptors (Lipinski definition) is 5. The van der Waals surface area contributed by atoms with Crippen LogP contribution in [-0.2, 0) is 22.5 Å². The maximum absolute atomic E-state index is 12.7. The Morgan fingerprint density at radius 2 is 2.04 bits per heavy atom. The first-order valence-electron chi connectivity index (χ1n) is 8.55. The van der Waals surface area contributed by atoms with Crippen molar-refractivity contribution in [2.24, 2.45) is 0 Å². The zero-order valence-electron chi connectivity index (χ0n) is 15.0. The summed E-state index contributed by atoms with van der Waals surface area (Å²) in [5.41, 5.74) is 1.83. The minimum atomic E-state index is -0.440. The molecule has 0 radical (unpaired) electrons. The van der Waals surface area contributed by atoms with E-state index in [1.165, 1.54) is 18.3 Å². The number of carbonyl (C=O) groups is 3. The average molecular weight is 498 g/mol. The van der Waals surface area contributed by atoms with Crippen molar-refractivity contribution in [3.8, 4) is 0 Å². The van der Waals surface area contributed by atoms with Crippen LogP contribution in [0.3, 0.4) is 0 Å². The van der Waals surface area contributed by atoms with E-state index in [-0.39, 0.29) is 18.4 Å². The molecule has 27 heavy (non-hydrogen) atoms. The van der Waals surface area contributed by atoms with Gasteiger partial charge in [0.05, 0.1) is 24.3 Å². The minimum absolute atomic E-state index is 0.00356. The number of carbonyl (C=O) groups excluding carboxylic acids is 3. The molecule has 1 aliphatic heterocycles.